The normalized spacial score (nSPS) is 11.6. The molecule has 0 aliphatic heterocycles. The van der Waals surface area contributed by atoms with Crippen molar-refractivity contribution < 1.29 is 24.6 Å². The molecule has 4 N–H and O–H groups in total. The highest BCUT2D eigenvalue weighted by atomic mass is 16.4. The van der Waals surface area contributed by atoms with Crippen LogP contribution in [0.5, 0.6) is 0 Å². The number of carbonyl (C=O) groups is 3. The van der Waals surface area contributed by atoms with E-state index in [0.29, 0.717) is 6.54 Å². The van der Waals surface area contributed by atoms with E-state index in [9.17, 15) is 14.4 Å². The molecule has 0 spiro atoms. The summed E-state index contributed by atoms with van der Waals surface area (Å²) in [5.41, 5.74) is 0. The number of hydrogen-bond donors (Lipinski definition) is 4. The van der Waals surface area contributed by atoms with E-state index in [-0.39, 0.29) is 19.4 Å². The lowest BCUT2D eigenvalue weighted by Gasteiger charge is -2.14. The topological polar surface area (TPSA) is 134 Å². The van der Waals surface area contributed by atoms with Gasteiger partial charge in [-0.2, -0.15) is 5.10 Å². The maximum absolute atomic E-state index is 11.5. The number of carboxylic acids is 2. The summed E-state index contributed by atoms with van der Waals surface area (Å²) < 4.78 is 1.61. The van der Waals surface area contributed by atoms with E-state index < -0.39 is 24.0 Å². The van der Waals surface area contributed by atoms with Gasteiger partial charge >= 0.3 is 18.0 Å². The Labute approximate surface area is 114 Å². The summed E-state index contributed by atoms with van der Waals surface area (Å²) in [7, 11) is 0. The van der Waals surface area contributed by atoms with Gasteiger partial charge < -0.3 is 20.8 Å². The summed E-state index contributed by atoms with van der Waals surface area (Å²) in [5.74, 6) is -2.38. The van der Waals surface area contributed by atoms with E-state index in [1.807, 2.05) is 0 Å². The van der Waals surface area contributed by atoms with Gasteiger partial charge in [-0.1, -0.05) is 0 Å². The molecular weight excluding hydrogens is 268 g/mol. The third-order valence-electron chi connectivity index (χ3n) is 2.44. The number of hydrogen-bond acceptors (Lipinski definition) is 4. The number of urea groups is 1. The van der Waals surface area contributed by atoms with Crippen molar-refractivity contribution in [3.63, 3.8) is 0 Å². The Morgan fingerprint density at radius 3 is 2.60 bits per heavy atom. The molecule has 1 atom stereocenters. The first-order valence-corrected chi connectivity index (χ1v) is 5.95. The first-order chi connectivity index (χ1) is 9.49. The molecule has 0 aliphatic rings. The summed E-state index contributed by atoms with van der Waals surface area (Å²) in [6.07, 6.45) is 2.83. The van der Waals surface area contributed by atoms with Crippen LogP contribution in [0.4, 0.5) is 4.79 Å². The van der Waals surface area contributed by atoms with Gasteiger partial charge in [-0.3, -0.25) is 9.48 Å². The summed E-state index contributed by atoms with van der Waals surface area (Å²) >= 11 is 0. The van der Waals surface area contributed by atoms with Crippen molar-refractivity contribution in [1.29, 1.82) is 0 Å². The molecule has 0 saturated heterocycles. The number of carbonyl (C=O) groups excluding carboxylic acids is 1. The molecule has 0 saturated carbocycles. The van der Waals surface area contributed by atoms with Crippen LogP contribution in [0.3, 0.4) is 0 Å². The smallest absolute Gasteiger partial charge is 0.326 e. The second-order valence-corrected chi connectivity index (χ2v) is 3.99. The molecule has 0 radical (unpaired) electrons. The zero-order valence-electron chi connectivity index (χ0n) is 10.7. The van der Waals surface area contributed by atoms with Crippen LogP contribution in [0.25, 0.3) is 0 Å². The standard InChI is InChI=1S/C11H16N4O5/c16-9(17)3-2-8(10(18)19)14-11(20)12-5-7-15-6-1-4-13-15/h1,4,6,8H,2-3,5,7H2,(H,16,17)(H,18,19)(H2,12,14,20)/t8-/m0/s1. The van der Waals surface area contributed by atoms with Gasteiger partial charge in [-0.05, 0) is 12.5 Å². The fraction of sp³-hybridized carbons (Fsp3) is 0.455. The maximum Gasteiger partial charge on any atom is 0.326 e. The van der Waals surface area contributed by atoms with Crippen molar-refractivity contribution in [3.8, 4) is 0 Å². The molecule has 0 aliphatic carbocycles. The number of nitrogens with zero attached hydrogens (tertiary/aromatic N) is 2. The molecular formula is C11H16N4O5. The Kier molecular flexibility index (Phi) is 6.01. The molecule has 1 aromatic heterocycles. The molecule has 0 unspecified atom stereocenters. The first kappa shape index (κ1) is 15.5. The van der Waals surface area contributed by atoms with Crippen LogP contribution in [0.15, 0.2) is 18.5 Å². The third-order valence-corrected chi connectivity index (χ3v) is 2.44. The number of carboxylic acid groups (broad SMARTS) is 2. The summed E-state index contributed by atoms with van der Waals surface area (Å²) in [4.78, 5) is 32.7. The molecule has 1 rings (SSSR count). The number of rotatable bonds is 8. The Hall–Kier alpha value is -2.58. The molecule has 0 bridgehead atoms. The Bertz CT molecular complexity index is 459. The van der Waals surface area contributed by atoms with Gasteiger partial charge in [-0.15, -0.1) is 0 Å². The van der Waals surface area contributed by atoms with Gasteiger partial charge in [0.05, 0.1) is 6.54 Å². The predicted octanol–water partition coefficient (Wildman–Crippen LogP) is -0.500. The summed E-state index contributed by atoms with van der Waals surface area (Å²) in [6.45, 7) is 0.728. The van der Waals surface area contributed by atoms with Crippen molar-refractivity contribution in [2.45, 2.75) is 25.4 Å². The van der Waals surface area contributed by atoms with Crippen molar-refractivity contribution in [2.24, 2.45) is 0 Å². The van der Waals surface area contributed by atoms with E-state index >= 15 is 0 Å². The minimum absolute atomic E-state index is 0.169. The minimum Gasteiger partial charge on any atom is -0.481 e. The van der Waals surface area contributed by atoms with Gasteiger partial charge in [0.1, 0.15) is 6.04 Å². The van der Waals surface area contributed by atoms with Gasteiger partial charge in [-0.25, -0.2) is 9.59 Å². The highest BCUT2D eigenvalue weighted by Crippen LogP contribution is 1.97. The molecule has 2 amide bonds. The minimum atomic E-state index is -1.27. The number of nitrogens with one attached hydrogen (secondary N) is 2. The van der Waals surface area contributed by atoms with E-state index in [1.165, 1.54) is 0 Å². The monoisotopic (exact) mass is 284 g/mol. The second kappa shape index (κ2) is 7.77. The second-order valence-electron chi connectivity index (χ2n) is 3.99. The maximum atomic E-state index is 11.5. The van der Waals surface area contributed by atoms with Crippen molar-refractivity contribution >= 4 is 18.0 Å². The molecule has 9 heteroatoms. The zero-order valence-corrected chi connectivity index (χ0v) is 10.7. The van der Waals surface area contributed by atoms with Crippen LogP contribution < -0.4 is 10.6 Å². The third kappa shape index (κ3) is 5.85. The fourth-order valence-corrected chi connectivity index (χ4v) is 1.45. The summed E-state index contributed by atoms with van der Waals surface area (Å²) in [6, 6.07) is -0.141. The lowest BCUT2D eigenvalue weighted by atomic mass is 10.1. The Morgan fingerprint density at radius 1 is 1.30 bits per heavy atom. The molecule has 0 aromatic carbocycles. The number of aliphatic carboxylic acids is 2. The van der Waals surface area contributed by atoms with E-state index in [4.69, 9.17) is 10.2 Å². The SMILES string of the molecule is O=C(O)CC[C@H](NC(=O)NCCn1cccn1)C(=O)O. The van der Waals surface area contributed by atoms with Crippen LogP contribution in [0, 0.1) is 0 Å². The molecule has 110 valence electrons. The fourth-order valence-electron chi connectivity index (χ4n) is 1.45. The summed E-state index contributed by atoms with van der Waals surface area (Å²) in [5, 5.41) is 26.0. The van der Waals surface area contributed by atoms with Crippen LogP contribution in [0.1, 0.15) is 12.8 Å². The van der Waals surface area contributed by atoms with E-state index in [1.54, 1.807) is 23.1 Å². The molecule has 1 heterocycles. The average Bonchev–Trinajstić information content (AvgIpc) is 2.87. The molecule has 9 nitrogen and oxygen atoms in total. The zero-order chi connectivity index (χ0) is 15.0. The highest BCUT2D eigenvalue weighted by molar-refractivity contribution is 5.82. The molecule has 20 heavy (non-hydrogen) atoms. The predicted molar refractivity (Wildman–Crippen MR) is 67.1 cm³/mol. The Balaban J connectivity index is 2.30. The van der Waals surface area contributed by atoms with E-state index in [0.717, 1.165) is 0 Å². The van der Waals surface area contributed by atoms with Crippen LogP contribution >= 0.6 is 0 Å². The van der Waals surface area contributed by atoms with Crippen molar-refractivity contribution in [3.05, 3.63) is 18.5 Å². The van der Waals surface area contributed by atoms with Gasteiger partial charge in [0.15, 0.2) is 0 Å². The largest absolute Gasteiger partial charge is 0.481 e. The number of amides is 2. The van der Waals surface area contributed by atoms with Crippen molar-refractivity contribution in [2.75, 3.05) is 6.54 Å². The quantitative estimate of drug-likeness (QED) is 0.508. The first-order valence-electron chi connectivity index (χ1n) is 5.95. The van der Waals surface area contributed by atoms with Crippen LogP contribution in [0.2, 0.25) is 0 Å². The highest BCUT2D eigenvalue weighted by Gasteiger charge is 2.20. The van der Waals surface area contributed by atoms with Crippen LogP contribution in [-0.4, -0.2) is 50.5 Å². The number of aromatic nitrogens is 2. The van der Waals surface area contributed by atoms with Gasteiger partial charge in [0.25, 0.3) is 0 Å². The lowest BCUT2D eigenvalue weighted by Crippen LogP contribution is -2.46. The van der Waals surface area contributed by atoms with Gasteiger partial charge in [0.2, 0.25) is 0 Å². The lowest BCUT2D eigenvalue weighted by molar-refractivity contribution is -0.140. The average molecular weight is 284 g/mol. The van der Waals surface area contributed by atoms with Crippen molar-refractivity contribution in [1.82, 2.24) is 20.4 Å². The molecule has 1 aromatic rings. The van der Waals surface area contributed by atoms with E-state index in [2.05, 4.69) is 15.7 Å². The Morgan fingerprint density at radius 2 is 2.05 bits per heavy atom. The molecule has 0 fully saturated rings. The van der Waals surface area contributed by atoms with Gasteiger partial charge in [0, 0.05) is 25.4 Å². The van der Waals surface area contributed by atoms with Crippen LogP contribution in [-0.2, 0) is 16.1 Å².